The number of benzene rings is 1. The maximum atomic E-state index is 13.0. The molecular weight excluding hydrogens is 225 g/mol. The van der Waals surface area contributed by atoms with E-state index in [2.05, 4.69) is 15.5 Å². The number of nitrogens with one attached hydrogen (secondary N) is 1. The van der Waals surface area contributed by atoms with Crippen LogP contribution in [0.15, 0.2) is 29.0 Å². The highest BCUT2D eigenvalue weighted by atomic mass is 19.1. The van der Waals surface area contributed by atoms with Crippen molar-refractivity contribution in [3.63, 3.8) is 0 Å². The van der Waals surface area contributed by atoms with Crippen molar-refractivity contribution in [2.24, 2.45) is 0 Å². The third-order valence-electron chi connectivity index (χ3n) is 2.31. The highest BCUT2D eigenvalue weighted by Gasteiger charge is 2.05. The first-order chi connectivity index (χ1) is 8.27. The van der Waals surface area contributed by atoms with Gasteiger partial charge < -0.3 is 14.9 Å². The maximum Gasteiger partial charge on any atom is 0.227 e. The third-order valence-corrected chi connectivity index (χ3v) is 2.31. The Morgan fingerprint density at radius 2 is 2.29 bits per heavy atom. The topological polar surface area (TPSA) is 71.2 Å². The lowest BCUT2D eigenvalue weighted by molar-refractivity contribution is 0.374. The maximum absolute atomic E-state index is 13.0. The minimum Gasteiger partial charge on any atom is -0.505 e. The number of halogens is 1. The highest BCUT2D eigenvalue weighted by molar-refractivity contribution is 5.33. The van der Waals surface area contributed by atoms with Crippen molar-refractivity contribution in [1.82, 2.24) is 15.5 Å². The Morgan fingerprint density at radius 1 is 1.41 bits per heavy atom. The van der Waals surface area contributed by atoms with Crippen molar-refractivity contribution in [3.05, 3.63) is 41.8 Å². The number of phenols is 1. The summed E-state index contributed by atoms with van der Waals surface area (Å²) in [7, 11) is 0. The second kappa shape index (κ2) is 5.40. The van der Waals surface area contributed by atoms with Crippen molar-refractivity contribution in [2.45, 2.75) is 13.0 Å². The van der Waals surface area contributed by atoms with E-state index in [1.54, 1.807) is 12.1 Å². The van der Waals surface area contributed by atoms with E-state index in [0.717, 1.165) is 0 Å². The summed E-state index contributed by atoms with van der Waals surface area (Å²) in [6.45, 7) is 0.996. The summed E-state index contributed by atoms with van der Waals surface area (Å²) in [5.41, 5.74) is 0.524. The molecule has 5 nitrogen and oxygen atoms in total. The molecule has 0 unspecified atom stereocenters. The molecule has 0 spiro atoms. The number of rotatable bonds is 5. The Balaban J connectivity index is 1.80. The Kier molecular flexibility index (Phi) is 3.66. The van der Waals surface area contributed by atoms with Crippen LogP contribution in [0, 0.1) is 5.82 Å². The number of hydrogen-bond donors (Lipinski definition) is 2. The molecule has 2 aromatic rings. The van der Waals surface area contributed by atoms with Crippen molar-refractivity contribution in [1.29, 1.82) is 0 Å². The predicted octanol–water partition coefficient (Wildman–Crippen LogP) is 1.25. The zero-order valence-electron chi connectivity index (χ0n) is 9.06. The molecule has 2 N–H and O–H groups in total. The van der Waals surface area contributed by atoms with Gasteiger partial charge in [-0.2, -0.15) is 4.98 Å². The fourth-order valence-corrected chi connectivity index (χ4v) is 1.43. The molecular formula is C11H12FN3O2. The van der Waals surface area contributed by atoms with Gasteiger partial charge in [-0.25, -0.2) is 4.39 Å². The number of nitrogens with zero attached hydrogens (tertiary/aromatic N) is 2. The van der Waals surface area contributed by atoms with Crippen LogP contribution in [0.5, 0.6) is 5.75 Å². The van der Waals surface area contributed by atoms with E-state index < -0.39 is 5.82 Å². The van der Waals surface area contributed by atoms with E-state index in [1.165, 1.54) is 12.4 Å². The second-order valence-electron chi connectivity index (χ2n) is 3.51. The van der Waals surface area contributed by atoms with Crippen LogP contribution in [0.4, 0.5) is 4.39 Å². The van der Waals surface area contributed by atoms with E-state index in [4.69, 9.17) is 4.52 Å². The van der Waals surface area contributed by atoms with Gasteiger partial charge in [-0.3, -0.25) is 0 Å². The summed E-state index contributed by atoms with van der Waals surface area (Å²) in [5, 5.41) is 16.0. The SMILES string of the molecule is Oc1c(F)cccc1CNCCc1ncno1. The molecule has 0 amide bonds. The van der Waals surface area contributed by atoms with Gasteiger partial charge in [-0.05, 0) is 6.07 Å². The average Bonchev–Trinajstić information content (AvgIpc) is 2.83. The molecule has 1 aromatic heterocycles. The van der Waals surface area contributed by atoms with Crippen molar-refractivity contribution >= 4 is 0 Å². The van der Waals surface area contributed by atoms with Crippen molar-refractivity contribution in [2.75, 3.05) is 6.54 Å². The molecule has 0 aliphatic rings. The Bertz CT molecular complexity index is 474. The molecule has 0 radical (unpaired) electrons. The van der Waals surface area contributed by atoms with Crippen LogP contribution in [0.3, 0.4) is 0 Å². The monoisotopic (exact) mass is 237 g/mol. The Hall–Kier alpha value is -1.95. The molecule has 2 rings (SSSR count). The fraction of sp³-hybridized carbons (Fsp3) is 0.273. The molecule has 17 heavy (non-hydrogen) atoms. The summed E-state index contributed by atoms with van der Waals surface area (Å²) in [6.07, 6.45) is 1.93. The third kappa shape index (κ3) is 3.01. The van der Waals surface area contributed by atoms with Crippen LogP contribution in [-0.2, 0) is 13.0 Å². The Labute approximate surface area is 97.3 Å². The molecule has 0 aliphatic carbocycles. The van der Waals surface area contributed by atoms with Crippen molar-refractivity contribution < 1.29 is 14.0 Å². The number of hydrogen-bond acceptors (Lipinski definition) is 5. The number of aromatic nitrogens is 2. The summed E-state index contributed by atoms with van der Waals surface area (Å²) in [4.78, 5) is 3.87. The van der Waals surface area contributed by atoms with Gasteiger partial charge in [-0.1, -0.05) is 17.3 Å². The van der Waals surface area contributed by atoms with Gasteiger partial charge in [0.15, 0.2) is 17.9 Å². The van der Waals surface area contributed by atoms with Gasteiger partial charge in [0.2, 0.25) is 5.89 Å². The van der Waals surface area contributed by atoms with Gasteiger partial charge >= 0.3 is 0 Å². The normalized spacial score (nSPS) is 10.6. The van der Waals surface area contributed by atoms with Crippen LogP contribution >= 0.6 is 0 Å². The lowest BCUT2D eigenvalue weighted by Crippen LogP contribution is -2.17. The van der Waals surface area contributed by atoms with Crippen LogP contribution in [0.1, 0.15) is 11.5 Å². The molecule has 90 valence electrons. The molecule has 0 bridgehead atoms. The molecule has 0 aliphatic heterocycles. The van der Waals surface area contributed by atoms with Crippen LogP contribution < -0.4 is 5.32 Å². The standard InChI is InChI=1S/C11H12FN3O2/c12-9-3-1-2-8(11(9)16)6-13-5-4-10-14-7-15-17-10/h1-3,7,13,16H,4-6H2. The summed E-state index contributed by atoms with van der Waals surface area (Å²) >= 11 is 0. The molecule has 0 fully saturated rings. The number of aromatic hydroxyl groups is 1. The largest absolute Gasteiger partial charge is 0.505 e. The first kappa shape index (κ1) is 11.5. The van der Waals surface area contributed by atoms with E-state index >= 15 is 0 Å². The van der Waals surface area contributed by atoms with Gasteiger partial charge in [0, 0.05) is 25.1 Å². The van der Waals surface area contributed by atoms with Crippen LogP contribution in [0.2, 0.25) is 0 Å². The molecule has 1 heterocycles. The van der Waals surface area contributed by atoms with Crippen LogP contribution in [0.25, 0.3) is 0 Å². The lowest BCUT2D eigenvalue weighted by Gasteiger charge is -2.06. The van der Waals surface area contributed by atoms with E-state index in [9.17, 15) is 9.50 Å². The quantitative estimate of drug-likeness (QED) is 0.766. The van der Waals surface area contributed by atoms with E-state index in [1.807, 2.05) is 0 Å². The average molecular weight is 237 g/mol. The second-order valence-corrected chi connectivity index (χ2v) is 3.51. The van der Waals surface area contributed by atoms with Gasteiger partial charge in [0.05, 0.1) is 0 Å². The van der Waals surface area contributed by atoms with Gasteiger partial charge in [0.25, 0.3) is 0 Å². The zero-order chi connectivity index (χ0) is 12.1. The predicted molar refractivity (Wildman–Crippen MR) is 57.8 cm³/mol. The number of phenolic OH excluding ortho intramolecular Hbond substituents is 1. The van der Waals surface area contributed by atoms with Crippen LogP contribution in [-0.4, -0.2) is 21.8 Å². The summed E-state index contributed by atoms with van der Waals surface area (Å²) in [6, 6.07) is 4.44. The van der Waals surface area contributed by atoms with Gasteiger partial charge in [-0.15, -0.1) is 0 Å². The minimum atomic E-state index is -0.610. The first-order valence-corrected chi connectivity index (χ1v) is 5.20. The van der Waals surface area contributed by atoms with Crippen molar-refractivity contribution in [3.8, 4) is 5.75 Å². The smallest absolute Gasteiger partial charge is 0.227 e. The fourth-order valence-electron chi connectivity index (χ4n) is 1.43. The number of para-hydroxylation sites is 1. The van der Waals surface area contributed by atoms with Gasteiger partial charge in [0.1, 0.15) is 0 Å². The van der Waals surface area contributed by atoms with E-state index in [0.29, 0.717) is 31.0 Å². The van der Waals surface area contributed by atoms with E-state index in [-0.39, 0.29) is 5.75 Å². The summed E-state index contributed by atoms with van der Waals surface area (Å²) in [5.74, 6) is -0.375. The lowest BCUT2D eigenvalue weighted by atomic mass is 10.2. The minimum absolute atomic E-state index is 0.308. The molecule has 0 atom stereocenters. The first-order valence-electron chi connectivity index (χ1n) is 5.20. The molecule has 1 aromatic carbocycles. The Morgan fingerprint density at radius 3 is 3.06 bits per heavy atom. The highest BCUT2D eigenvalue weighted by Crippen LogP contribution is 2.20. The molecule has 6 heteroatoms. The zero-order valence-corrected chi connectivity index (χ0v) is 9.06. The molecule has 0 saturated carbocycles. The molecule has 0 saturated heterocycles. The summed E-state index contributed by atoms with van der Waals surface area (Å²) < 4.78 is 17.8.